The predicted octanol–water partition coefficient (Wildman–Crippen LogP) is 0.457. The smallest absolute Gasteiger partial charge is 0.312 e. The fourth-order valence-corrected chi connectivity index (χ4v) is 2.64. The zero-order valence-corrected chi connectivity index (χ0v) is 11.7. The first-order chi connectivity index (χ1) is 9.08. The molecule has 0 aromatic rings. The molecule has 1 saturated carbocycles. The molecule has 1 aliphatic rings. The summed E-state index contributed by atoms with van der Waals surface area (Å²) in [6.07, 6.45) is 5.58. The number of carbonyl (C=O) groups is 2. The van der Waals surface area contributed by atoms with E-state index in [1.807, 2.05) is 6.92 Å². The number of amides is 3. The standard InChI is InChI=1S/C13H26N4O2/c1-2-3-6-11(17-13(15)19)12(18)16-10-7-4-5-9(10)8-14/h9-11H,2-8,14H2,1H3,(H,16,18)(H3,15,17,19). The monoisotopic (exact) mass is 270 g/mol. The highest BCUT2D eigenvalue weighted by molar-refractivity contribution is 5.86. The Morgan fingerprint density at radius 2 is 2.11 bits per heavy atom. The predicted molar refractivity (Wildman–Crippen MR) is 74.4 cm³/mol. The van der Waals surface area contributed by atoms with Crippen LogP contribution in [0.15, 0.2) is 0 Å². The van der Waals surface area contributed by atoms with Gasteiger partial charge in [0.2, 0.25) is 5.91 Å². The highest BCUT2D eigenvalue weighted by atomic mass is 16.2. The van der Waals surface area contributed by atoms with E-state index >= 15 is 0 Å². The second-order valence-electron chi connectivity index (χ2n) is 5.25. The summed E-state index contributed by atoms with van der Waals surface area (Å²) in [6, 6.07) is -1.05. The van der Waals surface area contributed by atoms with Crippen LogP contribution in [0.4, 0.5) is 4.79 Å². The van der Waals surface area contributed by atoms with Crippen molar-refractivity contribution >= 4 is 11.9 Å². The van der Waals surface area contributed by atoms with Crippen LogP contribution in [0.5, 0.6) is 0 Å². The van der Waals surface area contributed by atoms with Gasteiger partial charge in [-0.25, -0.2) is 4.79 Å². The van der Waals surface area contributed by atoms with Crippen molar-refractivity contribution in [3.63, 3.8) is 0 Å². The number of carbonyl (C=O) groups excluding carboxylic acids is 2. The van der Waals surface area contributed by atoms with Gasteiger partial charge in [0, 0.05) is 6.04 Å². The number of urea groups is 1. The van der Waals surface area contributed by atoms with Gasteiger partial charge in [0.15, 0.2) is 0 Å². The van der Waals surface area contributed by atoms with E-state index in [0.717, 1.165) is 32.1 Å². The first-order valence-corrected chi connectivity index (χ1v) is 7.14. The van der Waals surface area contributed by atoms with Gasteiger partial charge in [0.25, 0.3) is 0 Å². The number of hydrogen-bond donors (Lipinski definition) is 4. The summed E-state index contributed by atoms with van der Waals surface area (Å²) in [4.78, 5) is 23.1. The van der Waals surface area contributed by atoms with Crippen LogP contribution in [-0.4, -0.2) is 30.6 Å². The van der Waals surface area contributed by atoms with Crippen LogP contribution in [0, 0.1) is 5.92 Å². The maximum atomic E-state index is 12.2. The molecule has 6 nitrogen and oxygen atoms in total. The molecule has 6 heteroatoms. The molecule has 0 saturated heterocycles. The molecule has 0 aliphatic heterocycles. The number of nitrogens with two attached hydrogens (primary N) is 2. The van der Waals surface area contributed by atoms with Crippen molar-refractivity contribution in [2.75, 3.05) is 6.54 Å². The maximum absolute atomic E-state index is 12.2. The van der Waals surface area contributed by atoms with Crippen LogP contribution in [0.2, 0.25) is 0 Å². The maximum Gasteiger partial charge on any atom is 0.312 e. The van der Waals surface area contributed by atoms with Crippen molar-refractivity contribution < 1.29 is 9.59 Å². The average Bonchev–Trinajstić information content (AvgIpc) is 2.81. The number of rotatable bonds is 7. The second-order valence-corrected chi connectivity index (χ2v) is 5.25. The fourth-order valence-electron chi connectivity index (χ4n) is 2.64. The van der Waals surface area contributed by atoms with Crippen LogP contribution < -0.4 is 22.1 Å². The molecule has 3 amide bonds. The summed E-state index contributed by atoms with van der Waals surface area (Å²) in [6.45, 7) is 2.63. The highest BCUT2D eigenvalue weighted by Crippen LogP contribution is 2.24. The topological polar surface area (TPSA) is 110 Å². The highest BCUT2D eigenvalue weighted by Gasteiger charge is 2.29. The molecule has 0 radical (unpaired) electrons. The minimum absolute atomic E-state index is 0.135. The first-order valence-electron chi connectivity index (χ1n) is 7.14. The summed E-state index contributed by atoms with van der Waals surface area (Å²) < 4.78 is 0. The van der Waals surface area contributed by atoms with Gasteiger partial charge in [-0.05, 0) is 31.7 Å². The zero-order chi connectivity index (χ0) is 14.3. The molecular weight excluding hydrogens is 244 g/mol. The van der Waals surface area contributed by atoms with Crippen LogP contribution in [0.1, 0.15) is 45.4 Å². The Morgan fingerprint density at radius 1 is 1.37 bits per heavy atom. The lowest BCUT2D eigenvalue weighted by Crippen LogP contribution is -2.52. The molecule has 0 heterocycles. The lowest BCUT2D eigenvalue weighted by Gasteiger charge is -2.23. The Bertz CT molecular complexity index is 309. The van der Waals surface area contributed by atoms with E-state index in [4.69, 9.17) is 11.5 Å². The van der Waals surface area contributed by atoms with E-state index in [1.165, 1.54) is 0 Å². The van der Waals surface area contributed by atoms with Gasteiger partial charge < -0.3 is 22.1 Å². The molecule has 3 unspecified atom stereocenters. The number of nitrogens with one attached hydrogen (secondary N) is 2. The van der Waals surface area contributed by atoms with Crippen molar-refractivity contribution in [1.29, 1.82) is 0 Å². The van der Waals surface area contributed by atoms with E-state index in [9.17, 15) is 9.59 Å². The molecule has 3 atom stereocenters. The average molecular weight is 270 g/mol. The summed E-state index contributed by atoms with van der Waals surface area (Å²) in [5.74, 6) is 0.210. The van der Waals surface area contributed by atoms with Crippen LogP contribution in [0.25, 0.3) is 0 Å². The number of primary amides is 1. The number of unbranched alkanes of at least 4 members (excludes halogenated alkanes) is 1. The molecule has 1 rings (SSSR count). The lowest BCUT2D eigenvalue weighted by atomic mass is 10.0. The molecule has 0 spiro atoms. The molecule has 6 N–H and O–H groups in total. The third-order valence-electron chi connectivity index (χ3n) is 3.77. The van der Waals surface area contributed by atoms with Gasteiger partial charge >= 0.3 is 6.03 Å². The lowest BCUT2D eigenvalue weighted by molar-refractivity contribution is -0.124. The van der Waals surface area contributed by atoms with Gasteiger partial charge in [-0.2, -0.15) is 0 Å². The Labute approximate surface area is 114 Å². The molecule has 1 fully saturated rings. The molecule has 1 aliphatic carbocycles. The fraction of sp³-hybridized carbons (Fsp3) is 0.846. The third-order valence-corrected chi connectivity index (χ3v) is 3.77. The van der Waals surface area contributed by atoms with E-state index in [0.29, 0.717) is 18.9 Å². The van der Waals surface area contributed by atoms with Crippen molar-refractivity contribution in [3.05, 3.63) is 0 Å². The molecule has 110 valence electrons. The Balaban J connectivity index is 2.52. The summed E-state index contributed by atoms with van der Waals surface area (Å²) in [5, 5.41) is 5.52. The third kappa shape index (κ3) is 5.06. The van der Waals surface area contributed by atoms with E-state index in [2.05, 4.69) is 10.6 Å². The van der Waals surface area contributed by atoms with Crippen LogP contribution in [0.3, 0.4) is 0 Å². The van der Waals surface area contributed by atoms with E-state index in [-0.39, 0.29) is 11.9 Å². The van der Waals surface area contributed by atoms with Crippen LogP contribution in [-0.2, 0) is 4.79 Å². The van der Waals surface area contributed by atoms with Crippen molar-refractivity contribution in [2.45, 2.75) is 57.5 Å². The van der Waals surface area contributed by atoms with Gasteiger partial charge in [-0.1, -0.05) is 26.2 Å². The van der Waals surface area contributed by atoms with Gasteiger partial charge in [0.1, 0.15) is 6.04 Å². The minimum Gasteiger partial charge on any atom is -0.352 e. The first kappa shape index (κ1) is 15.8. The molecular formula is C13H26N4O2. The Kier molecular flexibility index (Phi) is 6.62. The summed E-state index contributed by atoms with van der Waals surface area (Å²) in [7, 11) is 0. The van der Waals surface area contributed by atoms with Crippen molar-refractivity contribution in [2.24, 2.45) is 17.4 Å². The second kappa shape index (κ2) is 7.99. The van der Waals surface area contributed by atoms with Crippen molar-refractivity contribution in [1.82, 2.24) is 10.6 Å². The van der Waals surface area contributed by atoms with Crippen molar-refractivity contribution in [3.8, 4) is 0 Å². The SMILES string of the molecule is CCCCC(NC(N)=O)C(=O)NC1CCCC1CN. The van der Waals surface area contributed by atoms with E-state index < -0.39 is 12.1 Å². The molecule has 0 aromatic heterocycles. The molecule has 0 aromatic carbocycles. The quantitative estimate of drug-likeness (QED) is 0.539. The van der Waals surface area contributed by atoms with Gasteiger partial charge in [-0.3, -0.25) is 4.79 Å². The van der Waals surface area contributed by atoms with Gasteiger partial charge in [0.05, 0.1) is 0 Å². The largest absolute Gasteiger partial charge is 0.352 e. The number of hydrogen-bond acceptors (Lipinski definition) is 3. The molecule has 19 heavy (non-hydrogen) atoms. The Hall–Kier alpha value is -1.30. The van der Waals surface area contributed by atoms with E-state index in [1.54, 1.807) is 0 Å². The zero-order valence-electron chi connectivity index (χ0n) is 11.7. The normalized spacial score (nSPS) is 23.9. The summed E-state index contributed by atoms with van der Waals surface area (Å²) >= 11 is 0. The summed E-state index contributed by atoms with van der Waals surface area (Å²) in [5.41, 5.74) is 10.8. The van der Waals surface area contributed by atoms with Gasteiger partial charge in [-0.15, -0.1) is 0 Å². The minimum atomic E-state index is -0.655. The van der Waals surface area contributed by atoms with Crippen LogP contribution >= 0.6 is 0 Å². The molecule has 0 bridgehead atoms. The Morgan fingerprint density at radius 3 is 2.68 bits per heavy atom.